The maximum atomic E-state index is 12.2. The fraction of sp³-hybridized carbons (Fsp3) is 0.619. The Morgan fingerprint density at radius 3 is 2.48 bits per heavy atom. The van der Waals surface area contributed by atoms with Crippen molar-refractivity contribution in [3.8, 4) is 0 Å². The first kappa shape index (κ1) is 25.8. The second-order valence-corrected chi connectivity index (χ2v) is 8.83. The molecule has 0 aliphatic rings. The van der Waals surface area contributed by atoms with Gasteiger partial charge in [-0.2, -0.15) is 0 Å². The molecule has 1 rings (SSSR count). The van der Waals surface area contributed by atoms with Gasteiger partial charge in [0, 0.05) is 36.6 Å². The van der Waals surface area contributed by atoms with Crippen molar-refractivity contribution in [2.45, 2.75) is 58.6 Å². The lowest BCUT2D eigenvalue weighted by Crippen LogP contribution is -2.37. The van der Waals surface area contributed by atoms with E-state index in [1.165, 1.54) is 11.1 Å². The number of carbonyl (C=O) groups is 2. The molecule has 0 saturated heterocycles. The number of carbonyl (C=O) groups excluding carboxylic acids is 2. The van der Waals surface area contributed by atoms with Gasteiger partial charge in [0.05, 0.1) is 12.6 Å². The zero-order valence-electron chi connectivity index (χ0n) is 18.0. The van der Waals surface area contributed by atoms with E-state index in [1.54, 1.807) is 0 Å². The Labute approximate surface area is 185 Å². The molecule has 1 atom stereocenters. The van der Waals surface area contributed by atoms with Gasteiger partial charge in [0.2, 0.25) is 0 Å². The molecule has 0 aromatic heterocycles. The van der Waals surface area contributed by atoms with E-state index in [-0.39, 0.29) is 25.8 Å². The van der Waals surface area contributed by atoms with Gasteiger partial charge < -0.3 is 19.7 Å². The molecule has 0 aliphatic heterocycles. The van der Waals surface area contributed by atoms with Crippen LogP contribution in [0.2, 0.25) is 0 Å². The molecule has 0 saturated carbocycles. The van der Waals surface area contributed by atoms with Crippen LogP contribution < -0.4 is 10.1 Å². The lowest BCUT2D eigenvalue weighted by Gasteiger charge is -2.25. The number of nitrogens with zero attached hydrogens (tertiary/aromatic N) is 1. The Kier molecular flexibility index (Phi) is 11.7. The van der Waals surface area contributed by atoms with Crippen molar-refractivity contribution in [3.63, 3.8) is 0 Å². The van der Waals surface area contributed by atoms with E-state index in [1.807, 2.05) is 20.8 Å². The summed E-state index contributed by atoms with van der Waals surface area (Å²) >= 11 is 11.9. The summed E-state index contributed by atoms with van der Waals surface area (Å²) < 4.78 is 5.43. The predicted octanol–water partition coefficient (Wildman–Crippen LogP) is 3.44. The van der Waals surface area contributed by atoms with Gasteiger partial charge in [-0.1, -0.05) is 6.07 Å². The molecule has 0 aliphatic carbocycles. The van der Waals surface area contributed by atoms with Crippen molar-refractivity contribution in [1.82, 2.24) is 5.23 Å². The SMILES string of the molecule is Cc1ccc(N(CCCl)CCCl)cc1CC[C@H](CC(=O)OC(C)(C)C)NBC=O. The van der Waals surface area contributed by atoms with Gasteiger partial charge in [0.1, 0.15) is 5.60 Å². The highest BCUT2D eigenvalue weighted by atomic mass is 35.5. The first-order valence-electron chi connectivity index (χ1n) is 10.1. The first-order chi connectivity index (χ1) is 13.7. The Bertz CT molecular complexity index is 647. The van der Waals surface area contributed by atoms with Crippen LogP contribution in [0.25, 0.3) is 0 Å². The van der Waals surface area contributed by atoms with Crippen LogP contribution in [0.1, 0.15) is 44.7 Å². The molecule has 1 N–H and O–H groups in total. The summed E-state index contributed by atoms with van der Waals surface area (Å²) in [5, 5.41) is 3.14. The van der Waals surface area contributed by atoms with E-state index < -0.39 is 5.60 Å². The number of benzene rings is 1. The summed E-state index contributed by atoms with van der Waals surface area (Å²) in [6, 6.07) is 6.22. The summed E-state index contributed by atoms with van der Waals surface area (Å²) in [6.07, 6.45) is 2.55. The standard InChI is InChI=1S/C21H33BCl2N2O3/c1-16-5-8-19(26(11-9-23)12-10-24)13-17(16)6-7-18(25-22-15-27)14-20(28)29-21(2,3)4/h5,8,13,15,18,22,25H,6-7,9-12,14H2,1-4H3/t18-/m1/s1. The van der Waals surface area contributed by atoms with E-state index in [2.05, 4.69) is 35.3 Å². The Morgan fingerprint density at radius 1 is 1.28 bits per heavy atom. The second-order valence-electron chi connectivity index (χ2n) is 8.08. The van der Waals surface area contributed by atoms with Crippen molar-refractivity contribution in [3.05, 3.63) is 29.3 Å². The van der Waals surface area contributed by atoms with Crippen LogP contribution in [-0.2, 0) is 20.7 Å². The average Bonchev–Trinajstić information content (AvgIpc) is 2.63. The molecule has 0 fully saturated rings. The number of hydrogen-bond donors (Lipinski definition) is 1. The van der Waals surface area contributed by atoms with Crippen LogP contribution in [0, 0.1) is 6.92 Å². The summed E-state index contributed by atoms with van der Waals surface area (Å²) in [4.78, 5) is 25.2. The lowest BCUT2D eigenvalue weighted by molar-refractivity contribution is -0.155. The van der Waals surface area contributed by atoms with Crippen molar-refractivity contribution in [2.75, 3.05) is 29.7 Å². The number of ether oxygens (including phenoxy) is 1. The second kappa shape index (κ2) is 13.1. The molecule has 8 heteroatoms. The molecular formula is C21H33BCl2N2O3. The third-order valence-electron chi connectivity index (χ3n) is 4.49. The van der Waals surface area contributed by atoms with Crippen LogP contribution in [0.5, 0.6) is 0 Å². The van der Waals surface area contributed by atoms with E-state index in [9.17, 15) is 9.59 Å². The fourth-order valence-corrected chi connectivity index (χ4v) is 3.51. The van der Waals surface area contributed by atoms with Crippen molar-refractivity contribution in [1.29, 1.82) is 0 Å². The third-order valence-corrected chi connectivity index (χ3v) is 4.83. The van der Waals surface area contributed by atoms with Gasteiger partial charge >= 0.3 is 5.97 Å². The number of halogens is 2. The zero-order valence-corrected chi connectivity index (χ0v) is 19.5. The average molecular weight is 443 g/mol. The molecule has 0 unspecified atom stereocenters. The van der Waals surface area contributed by atoms with Crippen LogP contribution in [0.15, 0.2) is 18.2 Å². The summed E-state index contributed by atoms with van der Waals surface area (Å²) in [7, 11) is 0.214. The minimum atomic E-state index is -0.522. The molecule has 1 aromatic rings. The molecule has 162 valence electrons. The van der Waals surface area contributed by atoms with Gasteiger partial charge in [-0.3, -0.25) is 4.79 Å². The fourth-order valence-electron chi connectivity index (χ4n) is 3.10. The summed E-state index contributed by atoms with van der Waals surface area (Å²) in [5.74, 6) is 0.809. The van der Waals surface area contributed by atoms with Gasteiger partial charge in [-0.15, -0.1) is 23.2 Å². The smallest absolute Gasteiger partial charge is 0.307 e. The van der Waals surface area contributed by atoms with Crippen LogP contribution >= 0.6 is 23.2 Å². The normalized spacial score (nSPS) is 12.3. The third kappa shape index (κ3) is 10.4. The molecule has 0 radical (unpaired) electrons. The minimum absolute atomic E-state index is 0.125. The number of rotatable bonds is 13. The maximum absolute atomic E-state index is 12.2. The molecule has 5 nitrogen and oxygen atoms in total. The molecule has 0 amide bonds. The van der Waals surface area contributed by atoms with Crippen LogP contribution in [0.3, 0.4) is 0 Å². The van der Waals surface area contributed by atoms with Crippen molar-refractivity contribution in [2.24, 2.45) is 0 Å². The van der Waals surface area contributed by atoms with Gasteiger partial charge in [0.15, 0.2) is 0 Å². The number of hydrogen-bond acceptors (Lipinski definition) is 5. The summed E-state index contributed by atoms with van der Waals surface area (Å²) in [6.45, 7) is 9.09. The molecule has 0 heterocycles. The highest BCUT2D eigenvalue weighted by molar-refractivity contribution is 6.64. The molecule has 1 aromatic carbocycles. The minimum Gasteiger partial charge on any atom is -0.460 e. The number of alkyl halides is 2. The quantitative estimate of drug-likeness (QED) is 0.219. The van der Waals surface area contributed by atoms with Gasteiger partial charge in [-0.05, 0) is 63.8 Å². The maximum Gasteiger partial charge on any atom is 0.307 e. The van der Waals surface area contributed by atoms with E-state index in [0.717, 1.165) is 37.8 Å². The monoisotopic (exact) mass is 442 g/mol. The van der Waals surface area contributed by atoms with Gasteiger partial charge in [0.25, 0.3) is 7.41 Å². The first-order valence-corrected chi connectivity index (χ1v) is 11.1. The number of anilines is 1. The van der Waals surface area contributed by atoms with Crippen molar-refractivity contribution >= 4 is 48.5 Å². The largest absolute Gasteiger partial charge is 0.460 e. The van der Waals surface area contributed by atoms with Crippen molar-refractivity contribution < 1.29 is 14.3 Å². The number of nitrogens with one attached hydrogen (secondary N) is 1. The van der Waals surface area contributed by atoms with Gasteiger partial charge in [-0.25, -0.2) is 0 Å². The van der Waals surface area contributed by atoms with E-state index in [0.29, 0.717) is 11.8 Å². The van der Waals surface area contributed by atoms with E-state index >= 15 is 0 Å². The topological polar surface area (TPSA) is 58.6 Å². The highest BCUT2D eigenvalue weighted by Gasteiger charge is 2.20. The van der Waals surface area contributed by atoms with E-state index in [4.69, 9.17) is 27.9 Å². The molecule has 0 spiro atoms. The highest BCUT2D eigenvalue weighted by Crippen LogP contribution is 2.22. The Morgan fingerprint density at radius 2 is 1.93 bits per heavy atom. The number of aryl methyl sites for hydroxylation is 2. The molecular weight excluding hydrogens is 410 g/mol. The predicted molar refractivity (Wildman–Crippen MR) is 124 cm³/mol. The van der Waals surface area contributed by atoms with Crippen LogP contribution in [0.4, 0.5) is 5.69 Å². The summed E-state index contributed by atoms with van der Waals surface area (Å²) in [5.41, 5.74) is 2.97. The van der Waals surface area contributed by atoms with Crippen LogP contribution in [-0.4, -0.2) is 56.1 Å². The number of esters is 1. The molecule has 0 bridgehead atoms. The zero-order chi connectivity index (χ0) is 21.9. The lowest BCUT2D eigenvalue weighted by atomic mass is 9.92. The Hall–Kier alpha value is -1.24. The Balaban J connectivity index is 2.85. The molecule has 29 heavy (non-hydrogen) atoms.